The van der Waals surface area contributed by atoms with Crippen LogP contribution in [0.1, 0.15) is 32.5 Å². The summed E-state index contributed by atoms with van der Waals surface area (Å²) in [6, 6.07) is 10.9. The average Bonchev–Trinajstić information content (AvgIpc) is 3.09. The number of carbonyl (C=O) groups excluding carboxylic acids is 2. The molecular formula is C19H15NO6S. The zero-order valence-electron chi connectivity index (χ0n) is 14.6. The van der Waals surface area contributed by atoms with Crippen LogP contribution >= 0.6 is 11.3 Å². The van der Waals surface area contributed by atoms with Gasteiger partial charge in [-0.15, -0.1) is 11.3 Å². The van der Waals surface area contributed by atoms with Crippen LogP contribution in [0, 0.1) is 10.1 Å². The van der Waals surface area contributed by atoms with Gasteiger partial charge in [0.15, 0.2) is 5.78 Å². The van der Waals surface area contributed by atoms with Gasteiger partial charge in [0.05, 0.1) is 12.0 Å². The molecule has 0 amide bonds. The molecular weight excluding hydrogens is 370 g/mol. The van der Waals surface area contributed by atoms with Crippen LogP contribution in [0.4, 0.5) is 5.69 Å². The predicted molar refractivity (Wildman–Crippen MR) is 101 cm³/mol. The molecule has 1 heterocycles. The van der Waals surface area contributed by atoms with Crippen molar-refractivity contribution in [3.8, 4) is 5.75 Å². The Morgan fingerprint density at radius 2 is 1.93 bits per heavy atom. The van der Waals surface area contributed by atoms with Gasteiger partial charge in [0.1, 0.15) is 17.2 Å². The fourth-order valence-electron chi connectivity index (χ4n) is 2.57. The first-order valence-corrected chi connectivity index (χ1v) is 8.73. The Morgan fingerprint density at radius 1 is 1.15 bits per heavy atom. The Hall–Kier alpha value is -3.26. The SMILES string of the molecule is COc1ccc(C(C)=O)cc1COC(=O)c1cc2cc([N+](=O)[O-])ccc2s1. The van der Waals surface area contributed by atoms with Crippen LogP contribution in [0.3, 0.4) is 0 Å². The van der Waals surface area contributed by atoms with E-state index in [0.29, 0.717) is 27.1 Å². The van der Waals surface area contributed by atoms with E-state index in [1.165, 1.54) is 37.5 Å². The second kappa shape index (κ2) is 7.55. The number of fused-ring (bicyclic) bond motifs is 1. The third-order valence-corrected chi connectivity index (χ3v) is 5.05. The van der Waals surface area contributed by atoms with Gasteiger partial charge in [-0.2, -0.15) is 0 Å². The maximum absolute atomic E-state index is 12.4. The lowest BCUT2D eigenvalue weighted by Gasteiger charge is -2.10. The molecule has 0 saturated carbocycles. The smallest absolute Gasteiger partial charge is 0.348 e. The Labute approximate surface area is 158 Å². The topological polar surface area (TPSA) is 95.7 Å². The number of esters is 1. The van der Waals surface area contributed by atoms with Crippen molar-refractivity contribution in [2.24, 2.45) is 0 Å². The van der Waals surface area contributed by atoms with E-state index in [0.717, 1.165) is 4.70 Å². The molecule has 8 heteroatoms. The number of Topliss-reactive ketones (excluding diaryl/α,β-unsaturated/α-hetero) is 1. The second-order valence-corrected chi connectivity index (χ2v) is 6.83. The van der Waals surface area contributed by atoms with E-state index in [1.807, 2.05) is 0 Å². The Bertz CT molecular complexity index is 1060. The number of ether oxygens (including phenoxy) is 2. The minimum Gasteiger partial charge on any atom is -0.496 e. The Kier molecular flexibility index (Phi) is 5.18. The molecule has 2 aromatic carbocycles. The molecule has 0 radical (unpaired) electrons. The van der Waals surface area contributed by atoms with Gasteiger partial charge in [-0.05, 0) is 37.3 Å². The highest BCUT2D eigenvalue weighted by molar-refractivity contribution is 7.20. The molecule has 7 nitrogen and oxygen atoms in total. The van der Waals surface area contributed by atoms with Crippen LogP contribution < -0.4 is 4.74 Å². The highest BCUT2D eigenvalue weighted by Crippen LogP contribution is 2.30. The predicted octanol–water partition coefficient (Wildman–Crippen LogP) is 4.38. The van der Waals surface area contributed by atoms with Gasteiger partial charge in [0.2, 0.25) is 0 Å². The maximum Gasteiger partial charge on any atom is 0.348 e. The van der Waals surface area contributed by atoms with Crippen LogP contribution in [-0.4, -0.2) is 23.8 Å². The minimum atomic E-state index is -0.547. The lowest BCUT2D eigenvalue weighted by atomic mass is 10.1. The number of methoxy groups -OCH3 is 1. The van der Waals surface area contributed by atoms with Gasteiger partial charge in [-0.1, -0.05) is 0 Å². The molecule has 27 heavy (non-hydrogen) atoms. The summed E-state index contributed by atoms with van der Waals surface area (Å²) in [5.74, 6) is -0.134. The number of ketones is 1. The van der Waals surface area contributed by atoms with Crippen molar-refractivity contribution in [2.75, 3.05) is 7.11 Å². The summed E-state index contributed by atoms with van der Waals surface area (Å²) in [7, 11) is 1.49. The van der Waals surface area contributed by atoms with Gasteiger partial charge in [-0.25, -0.2) is 4.79 Å². The summed E-state index contributed by atoms with van der Waals surface area (Å²) in [6.45, 7) is 1.39. The first-order valence-electron chi connectivity index (χ1n) is 7.92. The van der Waals surface area contributed by atoms with E-state index in [1.54, 1.807) is 30.3 Å². The Morgan fingerprint density at radius 3 is 2.59 bits per heavy atom. The van der Waals surface area contributed by atoms with E-state index in [-0.39, 0.29) is 18.1 Å². The number of non-ortho nitro benzene ring substituents is 1. The van der Waals surface area contributed by atoms with Crippen LogP contribution in [0.15, 0.2) is 42.5 Å². The summed E-state index contributed by atoms with van der Waals surface area (Å²) in [6.07, 6.45) is 0. The van der Waals surface area contributed by atoms with Crippen molar-refractivity contribution in [3.05, 3.63) is 68.6 Å². The zero-order valence-corrected chi connectivity index (χ0v) is 15.4. The molecule has 0 aliphatic heterocycles. The van der Waals surface area contributed by atoms with Crippen LogP contribution in [-0.2, 0) is 11.3 Å². The molecule has 0 N–H and O–H groups in total. The van der Waals surface area contributed by atoms with Crippen molar-refractivity contribution in [1.29, 1.82) is 0 Å². The number of nitrogens with zero attached hydrogens (tertiary/aromatic N) is 1. The normalized spacial score (nSPS) is 10.6. The minimum absolute atomic E-state index is 0.0361. The van der Waals surface area contributed by atoms with Gasteiger partial charge in [0.25, 0.3) is 5.69 Å². The monoisotopic (exact) mass is 385 g/mol. The number of nitro groups is 1. The summed E-state index contributed by atoms with van der Waals surface area (Å²) < 4.78 is 11.3. The summed E-state index contributed by atoms with van der Waals surface area (Å²) >= 11 is 1.20. The van der Waals surface area contributed by atoms with Gasteiger partial charge >= 0.3 is 5.97 Å². The molecule has 0 aliphatic carbocycles. The van der Waals surface area contributed by atoms with Gasteiger partial charge in [0, 0.05) is 33.3 Å². The molecule has 0 unspecified atom stereocenters. The summed E-state index contributed by atoms with van der Waals surface area (Å²) in [5.41, 5.74) is 1.04. The number of hydrogen-bond donors (Lipinski definition) is 0. The summed E-state index contributed by atoms with van der Waals surface area (Å²) in [4.78, 5) is 34.6. The van der Waals surface area contributed by atoms with E-state index < -0.39 is 10.9 Å². The largest absolute Gasteiger partial charge is 0.496 e. The fourth-order valence-corrected chi connectivity index (χ4v) is 3.51. The number of hydrogen-bond acceptors (Lipinski definition) is 7. The van der Waals surface area contributed by atoms with Crippen LogP contribution in [0.5, 0.6) is 5.75 Å². The molecule has 1 aromatic heterocycles. The van der Waals surface area contributed by atoms with Crippen molar-refractivity contribution < 1.29 is 24.0 Å². The number of benzene rings is 2. The third kappa shape index (κ3) is 3.95. The molecule has 0 bridgehead atoms. The fraction of sp³-hybridized carbons (Fsp3) is 0.158. The molecule has 3 aromatic rings. The quantitative estimate of drug-likeness (QED) is 0.270. The van der Waals surface area contributed by atoms with Crippen LogP contribution in [0.2, 0.25) is 0 Å². The van der Waals surface area contributed by atoms with E-state index >= 15 is 0 Å². The van der Waals surface area contributed by atoms with E-state index in [4.69, 9.17) is 9.47 Å². The summed E-state index contributed by atoms with van der Waals surface area (Å²) in [5, 5.41) is 11.5. The molecule has 3 rings (SSSR count). The maximum atomic E-state index is 12.4. The highest BCUT2D eigenvalue weighted by Gasteiger charge is 2.16. The Balaban J connectivity index is 1.80. The molecule has 138 valence electrons. The first-order chi connectivity index (χ1) is 12.9. The first kappa shape index (κ1) is 18.5. The second-order valence-electron chi connectivity index (χ2n) is 5.75. The van der Waals surface area contributed by atoms with E-state index in [9.17, 15) is 19.7 Å². The molecule has 0 saturated heterocycles. The van der Waals surface area contributed by atoms with E-state index in [2.05, 4.69) is 0 Å². The number of thiophene rings is 1. The lowest BCUT2D eigenvalue weighted by molar-refractivity contribution is -0.384. The zero-order chi connectivity index (χ0) is 19.6. The van der Waals surface area contributed by atoms with Crippen molar-refractivity contribution in [2.45, 2.75) is 13.5 Å². The van der Waals surface area contributed by atoms with Crippen molar-refractivity contribution in [1.82, 2.24) is 0 Å². The average molecular weight is 385 g/mol. The third-order valence-electron chi connectivity index (χ3n) is 3.96. The molecule has 0 fully saturated rings. The molecule has 0 spiro atoms. The standard InChI is InChI=1S/C19H15NO6S/c1-11(21)12-3-5-16(25-2)14(7-12)10-26-19(22)18-9-13-8-15(20(23)24)4-6-17(13)27-18/h3-9H,10H2,1-2H3. The van der Waals surface area contributed by atoms with Crippen molar-refractivity contribution in [3.63, 3.8) is 0 Å². The molecule has 0 atom stereocenters. The highest BCUT2D eigenvalue weighted by atomic mass is 32.1. The number of rotatable bonds is 6. The lowest BCUT2D eigenvalue weighted by Crippen LogP contribution is -2.05. The number of nitro benzene ring substituents is 1. The van der Waals surface area contributed by atoms with Gasteiger partial charge < -0.3 is 9.47 Å². The van der Waals surface area contributed by atoms with Crippen LogP contribution in [0.25, 0.3) is 10.1 Å². The number of carbonyl (C=O) groups is 2. The van der Waals surface area contributed by atoms with Crippen molar-refractivity contribution >= 4 is 38.9 Å². The van der Waals surface area contributed by atoms with Gasteiger partial charge in [-0.3, -0.25) is 14.9 Å². The molecule has 0 aliphatic rings.